The van der Waals surface area contributed by atoms with Gasteiger partial charge in [0.15, 0.2) is 5.69 Å². The molecule has 0 radical (unpaired) electrons. The van der Waals surface area contributed by atoms with E-state index in [0.717, 1.165) is 13.1 Å². The van der Waals surface area contributed by atoms with E-state index in [1.165, 1.54) is 25.6 Å². The second-order valence-electron chi connectivity index (χ2n) is 4.91. The quantitative estimate of drug-likeness (QED) is 0.817. The van der Waals surface area contributed by atoms with Gasteiger partial charge >= 0.3 is 5.97 Å². The third kappa shape index (κ3) is 3.96. The highest BCUT2D eigenvalue weighted by molar-refractivity contribution is 5.87. The van der Waals surface area contributed by atoms with Crippen molar-refractivity contribution in [2.45, 2.75) is 19.8 Å². The summed E-state index contributed by atoms with van der Waals surface area (Å²) in [5.74, 6) is 0.147. The summed E-state index contributed by atoms with van der Waals surface area (Å²) in [4.78, 5) is 17.8. The molecule has 19 heavy (non-hydrogen) atoms. The molecule has 0 amide bonds. The van der Waals surface area contributed by atoms with Crippen LogP contribution in [-0.2, 0) is 4.74 Å². The highest BCUT2D eigenvalue weighted by Gasteiger charge is 2.18. The van der Waals surface area contributed by atoms with Crippen molar-refractivity contribution in [2.75, 3.05) is 38.6 Å². The lowest BCUT2D eigenvalue weighted by molar-refractivity contribution is 0.0519. The Labute approximate surface area is 113 Å². The number of esters is 1. The average Bonchev–Trinajstić information content (AvgIpc) is 2.86. The Hall–Kier alpha value is -1.56. The first-order chi connectivity index (χ1) is 9.19. The van der Waals surface area contributed by atoms with Gasteiger partial charge in [-0.25, -0.2) is 4.79 Å². The van der Waals surface area contributed by atoms with E-state index in [-0.39, 0.29) is 5.69 Å². The number of nitrogens with zero attached hydrogens (tertiary/aromatic N) is 2. The molecule has 6 nitrogen and oxygen atoms in total. The van der Waals surface area contributed by atoms with Gasteiger partial charge in [0.25, 0.3) is 6.01 Å². The number of piperidine rings is 1. The van der Waals surface area contributed by atoms with E-state index >= 15 is 0 Å². The number of oxazole rings is 1. The van der Waals surface area contributed by atoms with Crippen LogP contribution in [0.3, 0.4) is 0 Å². The molecule has 1 aromatic heterocycles. The van der Waals surface area contributed by atoms with E-state index in [4.69, 9.17) is 9.15 Å². The first kappa shape index (κ1) is 13.9. The molecule has 2 heterocycles. The van der Waals surface area contributed by atoms with Gasteiger partial charge in [-0.15, -0.1) is 0 Å². The van der Waals surface area contributed by atoms with Gasteiger partial charge in [0.05, 0.1) is 6.61 Å². The molecule has 1 unspecified atom stereocenters. The van der Waals surface area contributed by atoms with Crippen LogP contribution in [0.2, 0.25) is 0 Å². The van der Waals surface area contributed by atoms with Crippen molar-refractivity contribution in [3.63, 3.8) is 0 Å². The number of aromatic nitrogens is 1. The van der Waals surface area contributed by atoms with Crippen molar-refractivity contribution < 1.29 is 13.9 Å². The molecule has 6 heteroatoms. The van der Waals surface area contributed by atoms with Gasteiger partial charge in [0.2, 0.25) is 0 Å². The molecular formula is C13H21N3O3. The fourth-order valence-corrected chi connectivity index (χ4v) is 2.33. The molecule has 0 bridgehead atoms. The van der Waals surface area contributed by atoms with Crippen LogP contribution in [-0.4, -0.2) is 49.1 Å². The van der Waals surface area contributed by atoms with Crippen molar-refractivity contribution >= 4 is 12.0 Å². The predicted octanol–water partition coefficient (Wildman–Crippen LogP) is 1.60. The van der Waals surface area contributed by atoms with Crippen molar-refractivity contribution in [3.8, 4) is 0 Å². The lowest BCUT2D eigenvalue weighted by atomic mass is 9.99. The topological polar surface area (TPSA) is 67.6 Å². The fraction of sp³-hybridized carbons (Fsp3) is 0.692. The maximum atomic E-state index is 11.4. The first-order valence-electron chi connectivity index (χ1n) is 6.74. The summed E-state index contributed by atoms with van der Waals surface area (Å²) in [6, 6.07) is 0.385. The summed E-state index contributed by atoms with van der Waals surface area (Å²) in [5.41, 5.74) is 0.213. The van der Waals surface area contributed by atoms with Gasteiger partial charge in [-0.05, 0) is 39.3 Å². The number of carbonyl (C=O) groups is 1. The zero-order valence-electron chi connectivity index (χ0n) is 11.5. The molecular weight excluding hydrogens is 246 g/mol. The van der Waals surface area contributed by atoms with Crippen LogP contribution in [0.4, 0.5) is 6.01 Å². The van der Waals surface area contributed by atoms with Crippen molar-refractivity contribution in [1.29, 1.82) is 0 Å². The maximum Gasteiger partial charge on any atom is 0.360 e. The lowest BCUT2D eigenvalue weighted by Gasteiger charge is -2.29. The summed E-state index contributed by atoms with van der Waals surface area (Å²) in [7, 11) is 2.14. The lowest BCUT2D eigenvalue weighted by Crippen LogP contribution is -2.35. The molecule has 1 atom stereocenters. The molecule has 0 saturated carbocycles. The summed E-state index contributed by atoms with van der Waals surface area (Å²) >= 11 is 0. The minimum Gasteiger partial charge on any atom is -0.461 e. The Morgan fingerprint density at radius 1 is 1.68 bits per heavy atom. The van der Waals surface area contributed by atoms with Gasteiger partial charge in [0.1, 0.15) is 6.26 Å². The van der Waals surface area contributed by atoms with Crippen LogP contribution < -0.4 is 5.32 Å². The number of rotatable bonds is 5. The molecule has 0 aliphatic carbocycles. The Kier molecular flexibility index (Phi) is 4.79. The Bertz CT molecular complexity index is 419. The second-order valence-corrected chi connectivity index (χ2v) is 4.91. The van der Waals surface area contributed by atoms with Gasteiger partial charge in [-0.3, -0.25) is 0 Å². The molecule has 0 aromatic carbocycles. The molecule has 0 spiro atoms. The van der Waals surface area contributed by atoms with Gasteiger partial charge < -0.3 is 19.4 Å². The Morgan fingerprint density at radius 2 is 2.53 bits per heavy atom. The number of hydrogen-bond donors (Lipinski definition) is 1. The number of carbonyl (C=O) groups excluding carboxylic acids is 1. The molecule has 1 aliphatic heterocycles. The van der Waals surface area contributed by atoms with E-state index in [2.05, 4.69) is 22.2 Å². The Balaban J connectivity index is 1.81. The molecule has 1 aliphatic rings. The second kappa shape index (κ2) is 6.56. The predicted molar refractivity (Wildman–Crippen MR) is 71.2 cm³/mol. The number of hydrogen-bond acceptors (Lipinski definition) is 6. The monoisotopic (exact) mass is 267 g/mol. The molecule has 2 rings (SSSR count). The molecule has 1 aromatic rings. The van der Waals surface area contributed by atoms with Gasteiger partial charge in [0, 0.05) is 13.1 Å². The van der Waals surface area contributed by atoms with Gasteiger partial charge in [-0.2, -0.15) is 4.98 Å². The number of anilines is 1. The van der Waals surface area contributed by atoms with E-state index in [1.807, 2.05) is 0 Å². The minimum atomic E-state index is -0.448. The van der Waals surface area contributed by atoms with Crippen LogP contribution in [0.1, 0.15) is 30.3 Å². The van der Waals surface area contributed by atoms with Crippen molar-refractivity contribution in [2.24, 2.45) is 5.92 Å². The minimum absolute atomic E-state index is 0.213. The van der Waals surface area contributed by atoms with E-state index < -0.39 is 5.97 Å². The highest BCUT2D eigenvalue weighted by atomic mass is 16.5. The third-order valence-corrected chi connectivity index (χ3v) is 3.25. The fourth-order valence-electron chi connectivity index (χ4n) is 2.33. The summed E-state index contributed by atoms with van der Waals surface area (Å²) in [5, 5.41) is 3.14. The summed E-state index contributed by atoms with van der Waals surface area (Å²) < 4.78 is 10.1. The SMILES string of the molecule is CCOC(=O)c1coc(NCC2CCCN(C)C2)n1. The summed E-state index contributed by atoms with van der Waals surface area (Å²) in [6.07, 6.45) is 3.76. The Morgan fingerprint density at radius 3 is 3.26 bits per heavy atom. The van der Waals surface area contributed by atoms with Crippen LogP contribution in [0.25, 0.3) is 0 Å². The van der Waals surface area contributed by atoms with Crippen LogP contribution in [0, 0.1) is 5.92 Å². The first-order valence-corrected chi connectivity index (χ1v) is 6.74. The third-order valence-electron chi connectivity index (χ3n) is 3.25. The zero-order chi connectivity index (χ0) is 13.7. The van der Waals surface area contributed by atoms with Crippen molar-refractivity contribution in [1.82, 2.24) is 9.88 Å². The average molecular weight is 267 g/mol. The normalized spacial score (nSPS) is 20.2. The van der Waals surface area contributed by atoms with Crippen LogP contribution in [0.15, 0.2) is 10.7 Å². The molecule has 1 saturated heterocycles. The van der Waals surface area contributed by atoms with E-state index in [1.54, 1.807) is 6.92 Å². The number of likely N-dealkylation sites (tertiary alicyclic amines) is 1. The number of nitrogens with one attached hydrogen (secondary N) is 1. The number of ether oxygens (including phenoxy) is 1. The van der Waals surface area contributed by atoms with Crippen LogP contribution in [0.5, 0.6) is 0 Å². The van der Waals surface area contributed by atoms with Crippen molar-refractivity contribution in [3.05, 3.63) is 12.0 Å². The van der Waals surface area contributed by atoms with E-state index in [0.29, 0.717) is 18.5 Å². The highest BCUT2D eigenvalue weighted by Crippen LogP contribution is 2.16. The maximum absolute atomic E-state index is 11.4. The molecule has 1 fully saturated rings. The zero-order valence-corrected chi connectivity index (χ0v) is 11.5. The standard InChI is InChI=1S/C13H21N3O3/c1-3-18-12(17)11-9-19-13(15-11)14-7-10-5-4-6-16(2)8-10/h9-10H,3-8H2,1-2H3,(H,14,15). The van der Waals surface area contributed by atoms with E-state index in [9.17, 15) is 4.79 Å². The largest absolute Gasteiger partial charge is 0.461 e. The smallest absolute Gasteiger partial charge is 0.360 e. The summed E-state index contributed by atoms with van der Waals surface area (Å²) in [6.45, 7) is 5.16. The van der Waals surface area contributed by atoms with Gasteiger partial charge in [-0.1, -0.05) is 0 Å². The molecule has 1 N–H and O–H groups in total. The molecule has 106 valence electrons. The van der Waals surface area contributed by atoms with Crippen LogP contribution >= 0.6 is 0 Å².